The molecule has 0 aliphatic heterocycles. The van der Waals surface area contributed by atoms with Crippen LogP contribution >= 0.6 is 0 Å². The van der Waals surface area contributed by atoms with E-state index in [-0.39, 0.29) is 0 Å². The first-order valence-electron chi connectivity index (χ1n) is 6.70. The minimum atomic E-state index is 0.319. The molecule has 3 nitrogen and oxygen atoms in total. The third kappa shape index (κ3) is 4.12. The molecular weight excluding hydrogens is 200 g/mol. The second-order valence-electron chi connectivity index (χ2n) is 4.89. The Morgan fingerprint density at radius 3 is 2.25 bits per heavy atom. The predicted molar refractivity (Wildman–Crippen MR) is 67.1 cm³/mol. The Morgan fingerprint density at radius 2 is 1.75 bits per heavy atom. The minimum Gasteiger partial charge on any atom is -0.343 e. The van der Waals surface area contributed by atoms with Crippen molar-refractivity contribution in [3.05, 3.63) is 0 Å². The number of carbonyl (C=O) groups is 1. The van der Waals surface area contributed by atoms with Gasteiger partial charge < -0.3 is 10.6 Å². The summed E-state index contributed by atoms with van der Waals surface area (Å²) in [4.78, 5) is 13.7. The van der Waals surface area contributed by atoms with Gasteiger partial charge in [0, 0.05) is 25.6 Å². The zero-order chi connectivity index (χ0) is 12.0. The Kier molecular flexibility index (Phi) is 5.81. The molecule has 0 aromatic carbocycles. The van der Waals surface area contributed by atoms with Crippen LogP contribution in [0.1, 0.15) is 52.4 Å². The summed E-state index contributed by atoms with van der Waals surface area (Å²) in [5, 5.41) is 0. The monoisotopic (exact) mass is 226 g/mol. The maximum atomic E-state index is 11.8. The smallest absolute Gasteiger partial charge is 0.222 e. The van der Waals surface area contributed by atoms with Crippen molar-refractivity contribution in [2.24, 2.45) is 11.7 Å². The van der Waals surface area contributed by atoms with E-state index in [1.165, 1.54) is 12.8 Å². The Bertz CT molecular complexity index is 206. The SMILES string of the molecule is CCN(CC)C(=O)CCC1CCC(N)CC1. The average molecular weight is 226 g/mol. The average Bonchev–Trinajstić information content (AvgIpc) is 2.30. The summed E-state index contributed by atoms with van der Waals surface area (Å²) in [6, 6.07) is 0.412. The number of nitrogens with zero attached hydrogens (tertiary/aromatic N) is 1. The highest BCUT2D eigenvalue weighted by molar-refractivity contribution is 5.76. The topological polar surface area (TPSA) is 46.3 Å². The lowest BCUT2D eigenvalue weighted by atomic mass is 9.84. The van der Waals surface area contributed by atoms with Crippen LogP contribution in [0, 0.1) is 5.92 Å². The Hall–Kier alpha value is -0.570. The van der Waals surface area contributed by atoms with Gasteiger partial charge in [-0.1, -0.05) is 0 Å². The van der Waals surface area contributed by atoms with Gasteiger partial charge in [0.2, 0.25) is 5.91 Å². The summed E-state index contributed by atoms with van der Waals surface area (Å²) in [6.45, 7) is 5.76. The zero-order valence-electron chi connectivity index (χ0n) is 10.7. The molecule has 1 aliphatic carbocycles. The second kappa shape index (κ2) is 6.89. The number of rotatable bonds is 5. The molecule has 1 rings (SSSR count). The van der Waals surface area contributed by atoms with Crippen LogP contribution in [0.15, 0.2) is 0 Å². The maximum absolute atomic E-state index is 11.8. The Morgan fingerprint density at radius 1 is 1.19 bits per heavy atom. The van der Waals surface area contributed by atoms with E-state index in [2.05, 4.69) is 0 Å². The van der Waals surface area contributed by atoms with Crippen molar-refractivity contribution < 1.29 is 4.79 Å². The quantitative estimate of drug-likeness (QED) is 0.781. The first kappa shape index (κ1) is 13.5. The molecule has 0 heterocycles. The number of carbonyl (C=O) groups excluding carboxylic acids is 1. The van der Waals surface area contributed by atoms with Crippen LogP contribution in [-0.2, 0) is 4.79 Å². The van der Waals surface area contributed by atoms with Gasteiger partial charge in [-0.3, -0.25) is 4.79 Å². The van der Waals surface area contributed by atoms with Crippen LogP contribution in [0.25, 0.3) is 0 Å². The molecule has 1 fully saturated rings. The second-order valence-corrected chi connectivity index (χ2v) is 4.89. The van der Waals surface area contributed by atoms with Crippen molar-refractivity contribution >= 4 is 5.91 Å². The molecule has 0 atom stereocenters. The predicted octanol–water partition coefficient (Wildman–Crippen LogP) is 2.15. The maximum Gasteiger partial charge on any atom is 0.222 e. The summed E-state index contributed by atoms with van der Waals surface area (Å²) < 4.78 is 0. The minimum absolute atomic E-state index is 0.319. The fourth-order valence-electron chi connectivity index (χ4n) is 2.54. The number of hydrogen-bond acceptors (Lipinski definition) is 2. The van der Waals surface area contributed by atoms with Crippen molar-refractivity contribution in [1.82, 2.24) is 4.90 Å². The molecule has 94 valence electrons. The van der Waals surface area contributed by atoms with E-state index in [0.717, 1.165) is 44.7 Å². The molecule has 0 unspecified atom stereocenters. The Balaban J connectivity index is 2.21. The van der Waals surface area contributed by atoms with Crippen LogP contribution < -0.4 is 5.73 Å². The summed E-state index contributed by atoms with van der Waals surface area (Å²) in [5.74, 6) is 1.05. The van der Waals surface area contributed by atoms with Gasteiger partial charge in [-0.05, 0) is 51.9 Å². The van der Waals surface area contributed by atoms with Gasteiger partial charge >= 0.3 is 0 Å². The molecule has 1 aliphatic rings. The molecule has 0 radical (unpaired) electrons. The third-order valence-corrected chi connectivity index (χ3v) is 3.77. The van der Waals surface area contributed by atoms with Gasteiger partial charge in [0.1, 0.15) is 0 Å². The summed E-state index contributed by atoms with van der Waals surface area (Å²) in [6.07, 6.45) is 6.50. The lowest BCUT2D eigenvalue weighted by Gasteiger charge is -2.26. The number of nitrogens with two attached hydrogens (primary N) is 1. The van der Waals surface area contributed by atoms with E-state index in [9.17, 15) is 4.79 Å². The summed E-state index contributed by atoms with van der Waals surface area (Å²) >= 11 is 0. The summed E-state index contributed by atoms with van der Waals surface area (Å²) in [5.41, 5.74) is 5.87. The first-order chi connectivity index (χ1) is 7.67. The first-order valence-corrected chi connectivity index (χ1v) is 6.70. The van der Waals surface area contributed by atoms with Gasteiger partial charge in [0.15, 0.2) is 0 Å². The molecule has 1 saturated carbocycles. The number of hydrogen-bond donors (Lipinski definition) is 1. The van der Waals surface area contributed by atoms with Gasteiger partial charge in [-0.15, -0.1) is 0 Å². The van der Waals surface area contributed by atoms with E-state index in [1.54, 1.807) is 0 Å². The lowest BCUT2D eigenvalue weighted by molar-refractivity contribution is -0.131. The fraction of sp³-hybridized carbons (Fsp3) is 0.923. The van der Waals surface area contributed by atoms with Crippen LogP contribution in [0.2, 0.25) is 0 Å². The van der Waals surface area contributed by atoms with Crippen LogP contribution in [0.3, 0.4) is 0 Å². The van der Waals surface area contributed by atoms with E-state index in [4.69, 9.17) is 5.73 Å². The van der Waals surface area contributed by atoms with Crippen molar-refractivity contribution in [3.8, 4) is 0 Å². The highest BCUT2D eigenvalue weighted by Gasteiger charge is 2.20. The van der Waals surface area contributed by atoms with Crippen molar-refractivity contribution in [2.45, 2.75) is 58.4 Å². The van der Waals surface area contributed by atoms with E-state index >= 15 is 0 Å². The highest BCUT2D eigenvalue weighted by Crippen LogP contribution is 2.27. The Labute approximate surface area is 99.4 Å². The van der Waals surface area contributed by atoms with Gasteiger partial charge in [0.05, 0.1) is 0 Å². The normalized spacial score (nSPS) is 25.4. The molecule has 0 spiro atoms. The van der Waals surface area contributed by atoms with Crippen molar-refractivity contribution in [3.63, 3.8) is 0 Å². The lowest BCUT2D eigenvalue weighted by Crippen LogP contribution is -2.31. The standard InChI is InChI=1S/C13H26N2O/c1-3-15(4-2)13(16)10-7-11-5-8-12(14)9-6-11/h11-12H,3-10,14H2,1-2H3. The van der Waals surface area contributed by atoms with Crippen molar-refractivity contribution in [1.29, 1.82) is 0 Å². The molecule has 0 aromatic heterocycles. The fourth-order valence-corrected chi connectivity index (χ4v) is 2.54. The molecule has 0 saturated heterocycles. The van der Waals surface area contributed by atoms with Crippen LogP contribution in [0.4, 0.5) is 0 Å². The molecule has 3 heteroatoms. The molecule has 0 bridgehead atoms. The zero-order valence-corrected chi connectivity index (χ0v) is 10.7. The van der Waals surface area contributed by atoms with Crippen molar-refractivity contribution in [2.75, 3.05) is 13.1 Å². The van der Waals surface area contributed by atoms with Gasteiger partial charge in [-0.25, -0.2) is 0 Å². The van der Waals surface area contributed by atoms with Crippen LogP contribution in [-0.4, -0.2) is 29.9 Å². The summed E-state index contributed by atoms with van der Waals surface area (Å²) in [7, 11) is 0. The van der Waals surface area contributed by atoms with E-state index in [1.807, 2.05) is 18.7 Å². The third-order valence-electron chi connectivity index (χ3n) is 3.77. The highest BCUT2D eigenvalue weighted by atomic mass is 16.2. The van der Waals surface area contributed by atoms with E-state index < -0.39 is 0 Å². The number of amides is 1. The van der Waals surface area contributed by atoms with E-state index in [0.29, 0.717) is 11.9 Å². The molecule has 0 aromatic rings. The molecular formula is C13H26N2O. The van der Waals surface area contributed by atoms with Gasteiger partial charge in [0.25, 0.3) is 0 Å². The molecule has 16 heavy (non-hydrogen) atoms. The largest absolute Gasteiger partial charge is 0.343 e. The van der Waals surface area contributed by atoms with Crippen LogP contribution in [0.5, 0.6) is 0 Å². The molecule has 1 amide bonds. The van der Waals surface area contributed by atoms with Gasteiger partial charge in [-0.2, -0.15) is 0 Å². The molecule has 2 N–H and O–H groups in total.